The lowest BCUT2D eigenvalue weighted by atomic mass is 10.4. The van der Waals surface area contributed by atoms with Gasteiger partial charge < -0.3 is 9.47 Å². The summed E-state index contributed by atoms with van der Waals surface area (Å²) in [6.45, 7) is 4.77. The van der Waals surface area contributed by atoms with Gasteiger partial charge in [0.25, 0.3) is 0 Å². The minimum absolute atomic E-state index is 0.305. The first-order valence-electron chi connectivity index (χ1n) is 7.87. The molecule has 0 aromatic carbocycles. The number of halogens is 16. The first kappa shape index (κ1) is 34.2. The van der Waals surface area contributed by atoms with Crippen LogP contribution < -0.4 is 0 Å². The van der Waals surface area contributed by atoms with Crippen LogP contribution in [0.5, 0.6) is 0 Å². The van der Waals surface area contributed by atoms with Gasteiger partial charge in [0.1, 0.15) is 0 Å². The van der Waals surface area contributed by atoms with Gasteiger partial charge in [0.15, 0.2) is 0 Å². The number of alkyl halides is 16. The van der Waals surface area contributed by atoms with Crippen molar-refractivity contribution in [2.24, 2.45) is 0 Å². The van der Waals surface area contributed by atoms with Crippen LogP contribution in [0.2, 0.25) is 0 Å². The molecule has 0 aromatic heterocycles. The number of hydrogen-bond donors (Lipinski definition) is 0. The van der Waals surface area contributed by atoms with E-state index in [2.05, 4.69) is 22.6 Å². The summed E-state index contributed by atoms with van der Waals surface area (Å²) >= 11 is 0. The minimum Gasteiger partial charge on any atom is -0.391 e. The fourth-order valence-electron chi connectivity index (χ4n) is 1.29. The van der Waals surface area contributed by atoms with Crippen LogP contribution in [0.25, 0.3) is 0 Å². The Balaban J connectivity index is 6.00. The molecule has 0 unspecified atom stereocenters. The number of rotatable bonds is 14. The van der Waals surface area contributed by atoms with E-state index in [1.54, 1.807) is 9.47 Å². The highest BCUT2D eigenvalue weighted by atomic mass is 19.4. The van der Waals surface area contributed by atoms with Crippen molar-refractivity contribution < 1.29 is 104 Å². The number of ether oxygens (including phenoxy) is 5. The highest BCUT2D eigenvalue weighted by molar-refractivity contribution is 5.81. The summed E-state index contributed by atoms with van der Waals surface area (Å²) in [4.78, 5) is 21.0. The summed E-state index contributed by atoms with van der Waals surface area (Å²) in [5.41, 5.74) is 0. The average Bonchev–Trinajstić information content (AvgIpc) is 2.63. The second-order valence-electron chi connectivity index (χ2n) is 5.69. The van der Waals surface area contributed by atoms with Gasteiger partial charge in [-0.1, -0.05) is 13.2 Å². The summed E-state index contributed by atoms with van der Waals surface area (Å²) in [6.07, 6.45) is -58.3. The molecule has 0 radical (unpaired) electrons. The molecule has 0 aromatic rings. The molecule has 0 atom stereocenters. The molecule has 0 rings (SSSR count). The summed E-state index contributed by atoms with van der Waals surface area (Å²) in [5, 5.41) is 0. The van der Waals surface area contributed by atoms with Crippen molar-refractivity contribution in [3.63, 3.8) is 0 Å². The summed E-state index contributed by atoms with van der Waals surface area (Å²) in [5.74, 6) is -5.06. The van der Waals surface area contributed by atoms with E-state index >= 15 is 0 Å². The van der Waals surface area contributed by atoms with Crippen LogP contribution in [-0.2, 0) is 33.3 Å². The predicted molar refractivity (Wildman–Crippen MR) is 75.4 cm³/mol. The third-order valence-electron chi connectivity index (χ3n) is 2.92. The van der Waals surface area contributed by atoms with E-state index in [-0.39, 0.29) is 12.2 Å². The molecule has 7 nitrogen and oxygen atoms in total. The molecule has 0 saturated heterocycles. The molecule has 0 heterocycles. The maximum atomic E-state index is 13.3. The third-order valence-corrected chi connectivity index (χ3v) is 2.92. The van der Waals surface area contributed by atoms with E-state index in [1.165, 1.54) is 4.74 Å². The Bertz CT molecular complexity index is 815. The van der Waals surface area contributed by atoms with Crippen molar-refractivity contribution in [1.29, 1.82) is 0 Å². The quantitative estimate of drug-likeness (QED) is 0.156. The molecular formula is C14H6F16O7. The molecule has 0 saturated carbocycles. The molecule has 0 N–H and O–H groups in total. The standard InChI is InChI=1S/C14H6F16O7/c1-3-5(31)33-7(15,16)9(19,20)35-11(23,24)13(27,28)37-14(29,30)12(25,26)36-10(21,22)8(17,18)34-6(32)4-2/h3-4H,1-2H2. The Labute approximate surface area is 191 Å². The lowest BCUT2D eigenvalue weighted by Crippen LogP contribution is -2.60. The third kappa shape index (κ3) is 7.59. The normalized spacial score (nSPS) is 14.7. The van der Waals surface area contributed by atoms with Gasteiger partial charge in [0.05, 0.1) is 0 Å². The molecule has 23 heteroatoms. The lowest BCUT2D eigenvalue weighted by molar-refractivity contribution is -0.577. The Morgan fingerprint density at radius 2 is 0.568 bits per heavy atom. The van der Waals surface area contributed by atoms with Gasteiger partial charge in [-0.2, -0.15) is 70.2 Å². The topological polar surface area (TPSA) is 80.3 Å². The first-order chi connectivity index (χ1) is 16.0. The highest BCUT2D eigenvalue weighted by Crippen LogP contribution is 2.51. The van der Waals surface area contributed by atoms with E-state index in [4.69, 9.17) is 0 Å². The average molecular weight is 590 g/mol. The first-order valence-corrected chi connectivity index (χ1v) is 7.87. The second-order valence-corrected chi connectivity index (χ2v) is 5.69. The number of hydrogen-bond acceptors (Lipinski definition) is 7. The minimum atomic E-state index is -7.63. The summed E-state index contributed by atoms with van der Waals surface area (Å²) in [6, 6.07) is 0. The Morgan fingerprint density at radius 3 is 0.730 bits per heavy atom. The van der Waals surface area contributed by atoms with Crippen LogP contribution >= 0.6 is 0 Å². The molecule has 0 aliphatic rings. The van der Waals surface area contributed by atoms with E-state index in [1.807, 2.05) is 0 Å². The zero-order chi connectivity index (χ0) is 30.1. The Kier molecular flexibility index (Phi) is 9.38. The number of carbonyl (C=O) groups excluding carboxylic acids is 2. The summed E-state index contributed by atoms with van der Waals surface area (Å²) in [7, 11) is 0. The molecule has 0 spiro atoms. The van der Waals surface area contributed by atoms with Crippen molar-refractivity contribution in [3.8, 4) is 0 Å². The fourth-order valence-corrected chi connectivity index (χ4v) is 1.29. The lowest BCUT2D eigenvalue weighted by Gasteiger charge is -2.35. The van der Waals surface area contributed by atoms with E-state index in [0.29, 0.717) is 0 Å². The van der Waals surface area contributed by atoms with Crippen LogP contribution in [0.1, 0.15) is 0 Å². The van der Waals surface area contributed by atoms with Crippen molar-refractivity contribution in [3.05, 3.63) is 25.3 Å². The fraction of sp³-hybridized carbons (Fsp3) is 0.571. The molecule has 37 heavy (non-hydrogen) atoms. The molecular weight excluding hydrogens is 584 g/mol. The van der Waals surface area contributed by atoms with Gasteiger partial charge >= 0.3 is 60.8 Å². The van der Waals surface area contributed by atoms with Crippen LogP contribution in [0, 0.1) is 0 Å². The molecule has 216 valence electrons. The number of esters is 2. The van der Waals surface area contributed by atoms with Crippen LogP contribution in [0.4, 0.5) is 70.2 Å². The maximum absolute atomic E-state index is 13.3. The maximum Gasteiger partial charge on any atom is 0.496 e. The van der Waals surface area contributed by atoms with Crippen LogP contribution in [0.3, 0.4) is 0 Å². The smallest absolute Gasteiger partial charge is 0.391 e. The Hall–Kier alpha value is -2.82. The zero-order valence-corrected chi connectivity index (χ0v) is 16.5. The van der Waals surface area contributed by atoms with Crippen molar-refractivity contribution >= 4 is 11.9 Å². The van der Waals surface area contributed by atoms with Crippen LogP contribution in [-0.4, -0.2) is 60.8 Å². The largest absolute Gasteiger partial charge is 0.496 e. The van der Waals surface area contributed by atoms with E-state index in [9.17, 15) is 79.8 Å². The van der Waals surface area contributed by atoms with E-state index < -0.39 is 60.8 Å². The molecule has 0 bridgehead atoms. The molecule has 0 fully saturated rings. The second kappa shape index (κ2) is 10.2. The monoisotopic (exact) mass is 590 g/mol. The number of carbonyl (C=O) groups is 2. The van der Waals surface area contributed by atoms with Gasteiger partial charge in [0, 0.05) is 12.2 Å². The van der Waals surface area contributed by atoms with Gasteiger partial charge in [-0.3, -0.25) is 0 Å². The molecule has 0 aliphatic carbocycles. The van der Waals surface area contributed by atoms with Gasteiger partial charge in [-0.25, -0.2) is 23.8 Å². The van der Waals surface area contributed by atoms with Crippen molar-refractivity contribution in [2.45, 2.75) is 48.9 Å². The Morgan fingerprint density at radius 1 is 0.405 bits per heavy atom. The molecule has 0 aliphatic heterocycles. The summed E-state index contributed by atoms with van der Waals surface area (Å²) < 4.78 is 220. The van der Waals surface area contributed by atoms with Gasteiger partial charge in [0.2, 0.25) is 0 Å². The molecule has 0 amide bonds. The predicted octanol–water partition coefficient (Wildman–Crippen LogP) is 5.24. The van der Waals surface area contributed by atoms with Gasteiger partial charge in [-0.05, 0) is 0 Å². The zero-order valence-electron chi connectivity index (χ0n) is 16.5. The SMILES string of the molecule is C=CC(=O)OC(F)(F)C(F)(F)OC(F)(F)C(F)(F)OC(F)(F)C(F)(F)OC(F)(F)C(F)(F)OC(=O)C=C. The van der Waals surface area contributed by atoms with Crippen molar-refractivity contribution in [1.82, 2.24) is 0 Å². The van der Waals surface area contributed by atoms with Crippen molar-refractivity contribution in [2.75, 3.05) is 0 Å². The van der Waals surface area contributed by atoms with Gasteiger partial charge in [-0.15, -0.1) is 0 Å². The van der Waals surface area contributed by atoms with E-state index in [0.717, 1.165) is 0 Å². The van der Waals surface area contributed by atoms with Crippen LogP contribution in [0.15, 0.2) is 25.3 Å². The highest BCUT2D eigenvalue weighted by Gasteiger charge is 2.78.